The van der Waals surface area contributed by atoms with Gasteiger partial charge in [-0.25, -0.2) is 4.79 Å². The Morgan fingerprint density at radius 3 is 2.41 bits per heavy atom. The summed E-state index contributed by atoms with van der Waals surface area (Å²) in [4.78, 5) is 21.5. The van der Waals surface area contributed by atoms with Crippen molar-refractivity contribution < 1.29 is 9.53 Å². The second-order valence-corrected chi connectivity index (χ2v) is 10.0. The van der Waals surface area contributed by atoms with Crippen molar-refractivity contribution >= 4 is 11.8 Å². The number of nitrogens with zero attached hydrogens (tertiary/aromatic N) is 3. The average molecular weight is 472 g/mol. The number of piperazine rings is 1. The maximum Gasteiger partial charge on any atom is 0.410 e. The van der Waals surface area contributed by atoms with Crippen molar-refractivity contribution in [2.45, 2.75) is 106 Å². The fourth-order valence-electron chi connectivity index (χ4n) is 4.26. The van der Waals surface area contributed by atoms with E-state index in [1.807, 2.05) is 25.7 Å². The third-order valence-corrected chi connectivity index (χ3v) is 6.08. The number of hydrogen-bond acceptors (Lipinski definition) is 4. The Balaban J connectivity index is 3.16. The number of ether oxygens (including phenoxy) is 1. The van der Waals surface area contributed by atoms with Crippen molar-refractivity contribution in [2.75, 3.05) is 19.6 Å². The molecule has 5 heteroatoms. The van der Waals surface area contributed by atoms with Crippen molar-refractivity contribution in [3.8, 4) is 0 Å². The summed E-state index contributed by atoms with van der Waals surface area (Å²) in [6.07, 6.45) is 15.1. The fraction of sp³-hybridized carbons (Fsp3) is 0.655. The minimum atomic E-state index is -0.488. The summed E-state index contributed by atoms with van der Waals surface area (Å²) in [5.41, 5.74) is 4.11. The third-order valence-electron chi connectivity index (χ3n) is 6.08. The molecule has 0 aromatic rings. The SMILES string of the molecule is C=CN=C(CC)C(/C(=C\C)/C=C/CCCCCC)=C(\C)N1CCN(C(=O)OC(C)(C)C)[C@H](C)C1. The van der Waals surface area contributed by atoms with Crippen LogP contribution in [0.3, 0.4) is 0 Å². The molecule has 1 amide bonds. The smallest absolute Gasteiger partial charge is 0.410 e. The van der Waals surface area contributed by atoms with Crippen LogP contribution in [-0.2, 0) is 4.74 Å². The van der Waals surface area contributed by atoms with Crippen LogP contribution in [-0.4, -0.2) is 52.9 Å². The number of rotatable bonds is 11. The Hall–Kier alpha value is -2.30. The first-order valence-corrected chi connectivity index (χ1v) is 13.1. The van der Waals surface area contributed by atoms with E-state index in [9.17, 15) is 4.79 Å². The molecule has 0 aromatic heterocycles. The van der Waals surface area contributed by atoms with Gasteiger partial charge in [0.15, 0.2) is 0 Å². The van der Waals surface area contributed by atoms with Crippen LogP contribution in [0.2, 0.25) is 0 Å². The fourth-order valence-corrected chi connectivity index (χ4v) is 4.26. The number of amides is 1. The average Bonchev–Trinajstić information content (AvgIpc) is 2.77. The van der Waals surface area contributed by atoms with Gasteiger partial charge in [-0.05, 0) is 66.4 Å². The molecule has 0 spiro atoms. The van der Waals surface area contributed by atoms with E-state index in [0.29, 0.717) is 6.54 Å². The Morgan fingerprint density at radius 1 is 1.18 bits per heavy atom. The lowest BCUT2D eigenvalue weighted by Crippen LogP contribution is -2.54. The number of carbonyl (C=O) groups is 1. The molecule has 1 rings (SSSR count). The maximum absolute atomic E-state index is 12.7. The first-order chi connectivity index (χ1) is 16.1. The summed E-state index contributed by atoms with van der Waals surface area (Å²) in [5.74, 6) is 0. The van der Waals surface area contributed by atoms with Gasteiger partial charge in [0.1, 0.15) is 5.60 Å². The first kappa shape index (κ1) is 29.7. The molecule has 34 heavy (non-hydrogen) atoms. The molecule has 0 saturated carbocycles. The largest absolute Gasteiger partial charge is 0.444 e. The van der Waals surface area contributed by atoms with Crippen LogP contribution < -0.4 is 0 Å². The van der Waals surface area contributed by atoms with Gasteiger partial charge in [0.25, 0.3) is 0 Å². The molecule has 1 heterocycles. The van der Waals surface area contributed by atoms with Gasteiger partial charge in [-0.2, -0.15) is 0 Å². The van der Waals surface area contributed by atoms with Crippen LogP contribution in [0.5, 0.6) is 0 Å². The summed E-state index contributed by atoms with van der Waals surface area (Å²) in [7, 11) is 0. The summed E-state index contributed by atoms with van der Waals surface area (Å²) in [5, 5.41) is 0. The Kier molecular flexibility index (Phi) is 13.0. The second-order valence-electron chi connectivity index (χ2n) is 10.0. The quantitative estimate of drug-likeness (QED) is 0.176. The first-order valence-electron chi connectivity index (χ1n) is 13.1. The number of allylic oxidation sites excluding steroid dienone is 6. The second kappa shape index (κ2) is 14.9. The van der Waals surface area contributed by atoms with Gasteiger partial charge in [0, 0.05) is 48.9 Å². The van der Waals surface area contributed by atoms with Gasteiger partial charge in [-0.3, -0.25) is 4.99 Å². The van der Waals surface area contributed by atoms with E-state index in [2.05, 4.69) is 69.3 Å². The molecule has 0 aliphatic carbocycles. The highest BCUT2D eigenvalue weighted by atomic mass is 16.6. The Bertz CT molecular complexity index is 784. The van der Waals surface area contributed by atoms with Crippen molar-refractivity contribution in [3.63, 3.8) is 0 Å². The van der Waals surface area contributed by atoms with E-state index in [1.165, 1.54) is 42.5 Å². The lowest BCUT2D eigenvalue weighted by atomic mass is 9.95. The third kappa shape index (κ3) is 9.52. The van der Waals surface area contributed by atoms with Gasteiger partial charge in [-0.15, -0.1) is 0 Å². The van der Waals surface area contributed by atoms with E-state index in [4.69, 9.17) is 4.74 Å². The number of hydrogen-bond donors (Lipinski definition) is 0. The van der Waals surface area contributed by atoms with Crippen molar-refractivity contribution in [3.05, 3.63) is 47.9 Å². The van der Waals surface area contributed by atoms with Crippen LogP contribution in [0.15, 0.2) is 52.8 Å². The van der Waals surface area contributed by atoms with Gasteiger partial charge in [-0.1, -0.05) is 57.9 Å². The summed E-state index contributed by atoms with van der Waals surface area (Å²) < 4.78 is 5.62. The molecule has 192 valence electrons. The van der Waals surface area contributed by atoms with Gasteiger partial charge >= 0.3 is 6.09 Å². The van der Waals surface area contributed by atoms with Gasteiger partial charge in [0.2, 0.25) is 0 Å². The maximum atomic E-state index is 12.7. The summed E-state index contributed by atoms with van der Waals surface area (Å²) >= 11 is 0. The van der Waals surface area contributed by atoms with Crippen LogP contribution in [0.4, 0.5) is 4.79 Å². The van der Waals surface area contributed by atoms with Crippen LogP contribution in [0.1, 0.15) is 93.9 Å². The van der Waals surface area contributed by atoms with Crippen LogP contribution in [0.25, 0.3) is 0 Å². The van der Waals surface area contributed by atoms with Gasteiger partial charge < -0.3 is 14.5 Å². The van der Waals surface area contributed by atoms with E-state index in [0.717, 1.165) is 31.6 Å². The molecule has 1 aliphatic heterocycles. The molecule has 1 aliphatic rings. The molecule has 0 radical (unpaired) electrons. The minimum Gasteiger partial charge on any atom is -0.444 e. The monoisotopic (exact) mass is 471 g/mol. The Labute approximate surface area is 209 Å². The topological polar surface area (TPSA) is 45.1 Å². The van der Waals surface area contributed by atoms with E-state index in [1.54, 1.807) is 6.20 Å². The van der Waals surface area contributed by atoms with Crippen molar-refractivity contribution in [1.82, 2.24) is 9.80 Å². The minimum absolute atomic E-state index is 0.0596. The zero-order valence-corrected chi connectivity index (χ0v) is 23.1. The predicted octanol–water partition coefficient (Wildman–Crippen LogP) is 7.67. The molecule has 1 fully saturated rings. The van der Waals surface area contributed by atoms with Crippen LogP contribution >= 0.6 is 0 Å². The highest BCUT2D eigenvalue weighted by Gasteiger charge is 2.31. The Morgan fingerprint density at radius 2 is 1.88 bits per heavy atom. The highest BCUT2D eigenvalue weighted by molar-refractivity contribution is 6.05. The van der Waals surface area contributed by atoms with E-state index < -0.39 is 5.60 Å². The number of carbonyl (C=O) groups excluding carboxylic acids is 1. The molecule has 0 aromatic carbocycles. The van der Waals surface area contributed by atoms with E-state index in [-0.39, 0.29) is 12.1 Å². The molecule has 0 bridgehead atoms. The van der Waals surface area contributed by atoms with Crippen molar-refractivity contribution in [1.29, 1.82) is 0 Å². The predicted molar refractivity (Wildman–Crippen MR) is 146 cm³/mol. The molecule has 5 nitrogen and oxygen atoms in total. The standard InChI is InChI=1S/C29H49N3O2/c1-10-14-15-16-17-18-19-25(11-2)27(26(12-3)30-13-4)24(6)31-20-21-32(23(5)22-31)28(33)34-29(7,8)9/h11,13,18-19,23H,4,10,12,14-17,20-22H2,1-3,5-9H3/b19-18+,25-11-,27-24+,30-26?/t23-/m1/s1. The highest BCUT2D eigenvalue weighted by Crippen LogP contribution is 2.26. The van der Waals surface area contributed by atoms with Gasteiger partial charge in [0.05, 0.1) is 0 Å². The van der Waals surface area contributed by atoms with Crippen molar-refractivity contribution in [2.24, 2.45) is 4.99 Å². The lowest BCUT2D eigenvalue weighted by Gasteiger charge is -2.42. The molecule has 0 N–H and O–H groups in total. The summed E-state index contributed by atoms with van der Waals surface area (Å²) in [6, 6.07) is 0.0596. The summed E-state index contributed by atoms with van der Waals surface area (Å²) in [6.45, 7) is 22.5. The normalized spacial score (nSPS) is 18.9. The molecule has 1 saturated heterocycles. The zero-order chi connectivity index (χ0) is 25.7. The number of aliphatic imine (C=N–C) groups is 1. The zero-order valence-electron chi connectivity index (χ0n) is 23.1. The molecular formula is C29H49N3O2. The van der Waals surface area contributed by atoms with E-state index >= 15 is 0 Å². The molecule has 0 unspecified atom stereocenters. The van der Waals surface area contributed by atoms with Crippen LogP contribution in [0, 0.1) is 0 Å². The molecule has 1 atom stereocenters. The molecular weight excluding hydrogens is 422 g/mol. The lowest BCUT2D eigenvalue weighted by molar-refractivity contribution is 0.00495. The number of unbranched alkanes of at least 4 members (excludes halogenated alkanes) is 4.